The van der Waals surface area contributed by atoms with E-state index >= 15 is 0 Å². The molecule has 7 heteroatoms. The van der Waals surface area contributed by atoms with Crippen LogP contribution in [0.5, 0.6) is 0 Å². The maximum absolute atomic E-state index is 5.39. The monoisotopic (exact) mass is 318 g/mol. The summed E-state index contributed by atoms with van der Waals surface area (Å²) < 4.78 is 9.47. The Balaban J connectivity index is 1.83. The molecular formula is C17H14N6O. The van der Waals surface area contributed by atoms with Crippen molar-refractivity contribution in [2.24, 2.45) is 0 Å². The zero-order valence-electron chi connectivity index (χ0n) is 13.3. The SMILES string of the molecule is Cc1noc(-c2ccn3c2Cc2c(C)nnn2-c2ccccc2-3)n1. The van der Waals surface area contributed by atoms with Crippen LogP contribution in [0, 0.1) is 13.8 Å². The van der Waals surface area contributed by atoms with Crippen molar-refractivity contribution < 1.29 is 4.52 Å². The van der Waals surface area contributed by atoms with Crippen molar-refractivity contribution in [1.29, 1.82) is 0 Å². The summed E-state index contributed by atoms with van der Waals surface area (Å²) in [7, 11) is 0. The maximum atomic E-state index is 5.39. The number of nitrogens with zero attached hydrogens (tertiary/aromatic N) is 6. The fraction of sp³-hybridized carbons (Fsp3) is 0.176. The van der Waals surface area contributed by atoms with Crippen LogP contribution in [0.2, 0.25) is 0 Å². The maximum Gasteiger partial charge on any atom is 0.259 e. The summed E-state index contributed by atoms with van der Waals surface area (Å²) in [4.78, 5) is 4.38. The minimum absolute atomic E-state index is 0.539. The van der Waals surface area contributed by atoms with Gasteiger partial charge in [0.25, 0.3) is 5.89 Å². The molecule has 0 saturated heterocycles. The highest BCUT2D eigenvalue weighted by atomic mass is 16.5. The van der Waals surface area contributed by atoms with Crippen LogP contribution in [0.15, 0.2) is 41.1 Å². The van der Waals surface area contributed by atoms with Crippen LogP contribution in [0.25, 0.3) is 22.8 Å². The van der Waals surface area contributed by atoms with E-state index in [9.17, 15) is 0 Å². The Bertz CT molecular complexity index is 1070. The third-order valence-corrected chi connectivity index (χ3v) is 4.41. The van der Waals surface area contributed by atoms with Gasteiger partial charge in [0.2, 0.25) is 0 Å². The van der Waals surface area contributed by atoms with E-state index in [1.807, 2.05) is 42.9 Å². The van der Waals surface area contributed by atoms with Crippen LogP contribution in [0.1, 0.15) is 22.9 Å². The van der Waals surface area contributed by atoms with E-state index in [0.717, 1.165) is 34.0 Å². The molecule has 1 aromatic carbocycles. The van der Waals surface area contributed by atoms with Crippen LogP contribution in [-0.4, -0.2) is 29.7 Å². The number of aryl methyl sites for hydroxylation is 2. The average Bonchev–Trinajstić information content (AvgIpc) is 3.26. The molecule has 0 spiro atoms. The predicted octanol–water partition coefficient (Wildman–Crippen LogP) is 2.63. The first-order valence-corrected chi connectivity index (χ1v) is 7.74. The molecule has 4 heterocycles. The lowest BCUT2D eigenvalue weighted by molar-refractivity contribution is 0.425. The molecule has 0 fully saturated rings. The third kappa shape index (κ3) is 1.72. The van der Waals surface area contributed by atoms with Crippen molar-refractivity contribution in [3.8, 4) is 22.8 Å². The number of fused-ring (bicyclic) bond motifs is 5. The van der Waals surface area contributed by atoms with E-state index in [1.165, 1.54) is 0 Å². The first-order chi connectivity index (χ1) is 11.7. The molecule has 0 radical (unpaired) electrons. The predicted molar refractivity (Wildman–Crippen MR) is 86.3 cm³/mol. The van der Waals surface area contributed by atoms with E-state index in [1.54, 1.807) is 0 Å². The van der Waals surface area contributed by atoms with Crippen LogP contribution in [0.3, 0.4) is 0 Å². The molecule has 0 unspecified atom stereocenters. The summed E-state index contributed by atoms with van der Waals surface area (Å²) in [6, 6.07) is 10.2. The molecule has 1 aliphatic rings. The lowest BCUT2D eigenvalue weighted by Gasteiger charge is -2.09. The van der Waals surface area contributed by atoms with Crippen LogP contribution in [0.4, 0.5) is 0 Å². The Morgan fingerprint density at radius 1 is 1.04 bits per heavy atom. The molecule has 3 aromatic heterocycles. The second-order valence-corrected chi connectivity index (χ2v) is 5.89. The first kappa shape index (κ1) is 13.2. The van der Waals surface area contributed by atoms with Gasteiger partial charge in [-0.3, -0.25) is 0 Å². The molecule has 24 heavy (non-hydrogen) atoms. The molecule has 7 nitrogen and oxygen atoms in total. The molecule has 0 aliphatic carbocycles. The minimum atomic E-state index is 0.539. The van der Waals surface area contributed by atoms with Gasteiger partial charge in [-0.1, -0.05) is 22.5 Å². The fourth-order valence-corrected chi connectivity index (χ4v) is 3.25. The average molecular weight is 318 g/mol. The summed E-state index contributed by atoms with van der Waals surface area (Å²) in [6.07, 6.45) is 2.73. The molecule has 118 valence electrons. The quantitative estimate of drug-likeness (QED) is 0.475. The zero-order valence-corrected chi connectivity index (χ0v) is 13.3. The number of para-hydroxylation sites is 2. The molecule has 0 atom stereocenters. The molecule has 0 amide bonds. The van der Waals surface area contributed by atoms with Crippen LogP contribution in [-0.2, 0) is 6.42 Å². The zero-order chi connectivity index (χ0) is 16.3. The summed E-state index contributed by atoms with van der Waals surface area (Å²) in [5.41, 5.74) is 6.09. The number of hydrogen-bond donors (Lipinski definition) is 0. The minimum Gasteiger partial charge on any atom is -0.334 e. The number of aromatic nitrogens is 6. The molecular weight excluding hydrogens is 304 g/mol. The summed E-state index contributed by atoms with van der Waals surface area (Å²) >= 11 is 0. The highest BCUT2D eigenvalue weighted by Gasteiger charge is 2.25. The largest absolute Gasteiger partial charge is 0.334 e. The Hall–Kier alpha value is -3.22. The Labute approximate surface area is 137 Å². The molecule has 0 saturated carbocycles. The van der Waals surface area contributed by atoms with Gasteiger partial charge in [-0.05, 0) is 32.0 Å². The van der Waals surface area contributed by atoms with Gasteiger partial charge in [0.1, 0.15) is 0 Å². The van der Waals surface area contributed by atoms with E-state index in [0.29, 0.717) is 18.1 Å². The van der Waals surface area contributed by atoms with E-state index in [4.69, 9.17) is 4.52 Å². The summed E-state index contributed by atoms with van der Waals surface area (Å²) in [5.74, 6) is 1.17. The van der Waals surface area contributed by atoms with E-state index < -0.39 is 0 Å². The number of benzene rings is 1. The van der Waals surface area contributed by atoms with Gasteiger partial charge in [0, 0.05) is 18.3 Å². The first-order valence-electron chi connectivity index (χ1n) is 7.74. The third-order valence-electron chi connectivity index (χ3n) is 4.41. The van der Waals surface area contributed by atoms with Crippen LogP contribution < -0.4 is 0 Å². The van der Waals surface area contributed by atoms with Gasteiger partial charge in [-0.15, -0.1) is 5.10 Å². The normalized spacial score (nSPS) is 12.4. The van der Waals surface area contributed by atoms with E-state index in [2.05, 4.69) is 37.2 Å². The van der Waals surface area contributed by atoms with Crippen molar-refractivity contribution in [3.63, 3.8) is 0 Å². The molecule has 0 bridgehead atoms. The lowest BCUT2D eigenvalue weighted by atomic mass is 10.1. The number of hydrogen-bond acceptors (Lipinski definition) is 5. The highest BCUT2D eigenvalue weighted by Crippen LogP contribution is 2.34. The van der Waals surface area contributed by atoms with Crippen molar-refractivity contribution in [2.75, 3.05) is 0 Å². The second kappa shape index (κ2) is 4.64. The van der Waals surface area contributed by atoms with Crippen LogP contribution >= 0.6 is 0 Å². The van der Waals surface area contributed by atoms with Crippen molar-refractivity contribution in [1.82, 2.24) is 29.7 Å². The Kier molecular flexibility index (Phi) is 2.56. The molecule has 1 aliphatic heterocycles. The standard InChI is InChI=1S/C17H14N6O/c1-10-15-9-16-12(17-18-11(2)20-24-17)7-8-22(16)13-5-3-4-6-14(13)23(15)21-19-10/h3-8H,9H2,1-2H3. The van der Waals surface area contributed by atoms with Gasteiger partial charge in [0.05, 0.1) is 28.3 Å². The highest BCUT2D eigenvalue weighted by molar-refractivity contribution is 5.64. The molecule has 5 rings (SSSR count). The Morgan fingerprint density at radius 2 is 1.88 bits per heavy atom. The van der Waals surface area contributed by atoms with Gasteiger partial charge in [0.15, 0.2) is 5.82 Å². The topological polar surface area (TPSA) is 74.6 Å². The molecule has 4 aromatic rings. The van der Waals surface area contributed by atoms with Crippen molar-refractivity contribution in [3.05, 3.63) is 59.4 Å². The number of rotatable bonds is 1. The Morgan fingerprint density at radius 3 is 2.67 bits per heavy atom. The smallest absolute Gasteiger partial charge is 0.259 e. The van der Waals surface area contributed by atoms with Crippen molar-refractivity contribution in [2.45, 2.75) is 20.3 Å². The van der Waals surface area contributed by atoms with Gasteiger partial charge >= 0.3 is 0 Å². The fourth-order valence-electron chi connectivity index (χ4n) is 3.25. The second-order valence-electron chi connectivity index (χ2n) is 5.89. The van der Waals surface area contributed by atoms with Gasteiger partial charge in [-0.2, -0.15) is 4.98 Å². The summed E-state index contributed by atoms with van der Waals surface area (Å²) in [6.45, 7) is 3.80. The van der Waals surface area contributed by atoms with Crippen molar-refractivity contribution >= 4 is 0 Å². The van der Waals surface area contributed by atoms with Gasteiger partial charge in [-0.25, -0.2) is 4.68 Å². The lowest BCUT2D eigenvalue weighted by Crippen LogP contribution is -2.02. The molecule has 0 N–H and O–H groups in total. The summed E-state index contributed by atoms with van der Waals surface area (Å²) in [5, 5.41) is 12.5. The van der Waals surface area contributed by atoms with E-state index in [-0.39, 0.29) is 0 Å². The van der Waals surface area contributed by atoms with Gasteiger partial charge < -0.3 is 9.09 Å².